The lowest BCUT2D eigenvalue weighted by Gasteiger charge is -2.33. The van der Waals surface area contributed by atoms with E-state index in [2.05, 4.69) is 15.1 Å². The number of aromatic nitrogens is 4. The summed E-state index contributed by atoms with van der Waals surface area (Å²) in [5.74, 6) is -1.77. The first kappa shape index (κ1) is 18.7. The number of amides is 1. The number of hydrogen-bond acceptors (Lipinski definition) is 4. The molecule has 2 aliphatic rings. The molecule has 1 amide bonds. The quantitative estimate of drug-likeness (QED) is 0.845. The molecule has 0 bridgehead atoms. The van der Waals surface area contributed by atoms with Gasteiger partial charge in [-0.3, -0.25) is 14.6 Å². The smallest absolute Gasteiger partial charge is 0.338 e. The van der Waals surface area contributed by atoms with E-state index in [9.17, 15) is 22.8 Å². The minimum atomic E-state index is -4.31. The summed E-state index contributed by atoms with van der Waals surface area (Å²) in [5, 5.41) is 4.15. The van der Waals surface area contributed by atoms with E-state index < -0.39 is 18.0 Å². The number of halogens is 3. The second-order valence-electron chi connectivity index (χ2n) is 7.36. The van der Waals surface area contributed by atoms with Gasteiger partial charge in [-0.2, -0.15) is 18.3 Å². The van der Waals surface area contributed by atoms with Crippen molar-refractivity contribution in [2.75, 3.05) is 13.1 Å². The van der Waals surface area contributed by atoms with Crippen LogP contribution in [0, 0.1) is 12.8 Å². The maximum Gasteiger partial charge on any atom is 0.393 e. The molecule has 2 aromatic rings. The number of aryl methyl sites for hydroxylation is 1. The lowest BCUT2D eigenvalue weighted by atomic mass is 9.97. The average Bonchev–Trinajstić information content (AvgIpc) is 3.27. The summed E-state index contributed by atoms with van der Waals surface area (Å²) in [6.45, 7) is 1.57. The second kappa shape index (κ2) is 6.75. The van der Waals surface area contributed by atoms with Gasteiger partial charge >= 0.3 is 6.18 Å². The third-order valence-electron chi connectivity index (χ3n) is 5.54. The Kier molecular flexibility index (Phi) is 4.51. The molecule has 0 aromatic carbocycles. The zero-order valence-electron chi connectivity index (χ0n) is 15.3. The Labute approximate surface area is 158 Å². The third kappa shape index (κ3) is 3.20. The highest BCUT2D eigenvalue weighted by Gasteiger charge is 2.43. The molecule has 10 heteroatoms. The first-order chi connectivity index (χ1) is 13.3. The second-order valence-corrected chi connectivity index (χ2v) is 7.36. The van der Waals surface area contributed by atoms with E-state index in [0.29, 0.717) is 30.5 Å². The van der Waals surface area contributed by atoms with E-state index in [0.717, 1.165) is 12.1 Å². The van der Waals surface area contributed by atoms with Crippen LogP contribution in [-0.2, 0) is 12.8 Å². The van der Waals surface area contributed by atoms with Gasteiger partial charge in [0.1, 0.15) is 0 Å². The number of rotatable bonds is 2. The van der Waals surface area contributed by atoms with Crippen LogP contribution in [0.1, 0.15) is 46.6 Å². The SMILES string of the molecule is Cc1c(C(=O)N2CCC[C@@H](C(F)(F)F)C2)cnn1-c1nc2c(c(=O)[nH]1)CCC2. The van der Waals surface area contributed by atoms with E-state index in [-0.39, 0.29) is 36.6 Å². The maximum absolute atomic E-state index is 13.0. The van der Waals surface area contributed by atoms with Gasteiger partial charge < -0.3 is 4.90 Å². The highest BCUT2D eigenvalue weighted by Crippen LogP contribution is 2.33. The van der Waals surface area contributed by atoms with Crippen molar-refractivity contribution in [3.8, 4) is 5.95 Å². The molecule has 1 saturated heterocycles. The van der Waals surface area contributed by atoms with E-state index >= 15 is 0 Å². The first-order valence-corrected chi connectivity index (χ1v) is 9.28. The fourth-order valence-corrected chi connectivity index (χ4v) is 3.96. The molecule has 1 atom stereocenters. The van der Waals surface area contributed by atoms with Crippen molar-refractivity contribution in [2.24, 2.45) is 5.92 Å². The molecule has 0 saturated carbocycles. The molecule has 28 heavy (non-hydrogen) atoms. The molecule has 4 rings (SSSR count). The molecule has 1 fully saturated rings. The summed E-state index contributed by atoms with van der Waals surface area (Å²) in [4.78, 5) is 33.4. The Hall–Kier alpha value is -2.65. The largest absolute Gasteiger partial charge is 0.393 e. The fourth-order valence-electron chi connectivity index (χ4n) is 3.96. The van der Waals surface area contributed by atoms with Crippen LogP contribution in [0.25, 0.3) is 5.95 Å². The van der Waals surface area contributed by atoms with Crippen molar-refractivity contribution in [3.63, 3.8) is 0 Å². The zero-order chi connectivity index (χ0) is 20.1. The number of nitrogens with one attached hydrogen (secondary N) is 1. The summed E-state index contributed by atoms with van der Waals surface area (Å²) in [5.41, 5.74) is 1.83. The monoisotopic (exact) mass is 395 g/mol. The van der Waals surface area contributed by atoms with Crippen LogP contribution in [0.2, 0.25) is 0 Å². The van der Waals surface area contributed by atoms with E-state index in [1.807, 2.05) is 0 Å². The van der Waals surface area contributed by atoms with Crippen LogP contribution in [0.3, 0.4) is 0 Å². The van der Waals surface area contributed by atoms with Crippen molar-refractivity contribution >= 4 is 5.91 Å². The molecule has 0 spiro atoms. The molecular formula is C18H20F3N5O2. The maximum atomic E-state index is 13.0. The van der Waals surface area contributed by atoms with E-state index in [1.54, 1.807) is 6.92 Å². The van der Waals surface area contributed by atoms with Crippen molar-refractivity contribution in [2.45, 2.75) is 45.2 Å². The zero-order valence-corrected chi connectivity index (χ0v) is 15.3. The van der Waals surface area contributed by atoms with Crippen LogP contribution < -0.4 is 5.56 Å². The van der Waals surface area contributed by atoms with Gasteiger partial charge in [-0.15, -0.1) is 0 Å². The summed E-state index contributed by atoms with van der Waals surface area (Å²) < 4.78 is 40.5. The van der Waals surface area contributed by atoms with Crippen LogP contribution in [-0.4, -0.2) is 49.8 Å². The average molecular weight is 395 g/mol. The standard InChI is InChI=1S/C18H20F3N5O2/c1-10-13(16(28)25-7-3-4-11(9-25)18(19,20)21)8-22-26(10)17-23-14-6-2-5-12(14)15(27)24-17/h8,11H,2-7,9H2,1H3,(H,23,24,27)/t11-/m1/s1. The Balaban J connectivity index is 1.61. The number of carbonyl (C=O) groups is 1. The van der Waals surface area contributed by atoms with Gasteiger partial charge in [0.15, 0.2) is 0 Å². The highest BCUT2D eigenvalue weighted by molar-refractivity contribution is 5.95. The molecular weight excluding hydrogens is 375 g/mol. The van der Waals surface area contributed by atoms with Gasteiger partial charge in [0, 0.05) is 18.7 Å². The molecule has 150 valence electrons. The van der Waals surface area contributed by atoms with Gasteiger partial charge in [-0.25, -0.2) is 9.67 Å². The normalized spacial score (nSPS) is 19.7. The Morgan fingerprint density at radius 2 is 2.07 bits per heavy atom. The lowest BCUT2D eigenvalue weighted by Crippen LogP contribution is -2.44. The fraction of sp³-hybridized carbons (Fsp3) is 0.556. The number of carbonyl (C=O) groups excluding carboxylic acids is 1. The van der Waals surface area contributed by atoms with Gasteiger partial charge in [0.2, 0.25) is 5.95 Å². The highest BCUT2D eigenvalue weighted by atomic mass is 19.4. The number of aromatic amines is 1. The molecule has 0 unspecified atom stereocenters. The number of likely N-dealkylation sites (tertiary alicyclic amines) is 1. The minimum absolute atomic E-state index is 0.0335. The predicted molar refractivity (Wildman–Crippen MR) is 93.4 cm³/mol. The molecule has 1 aliphatic carbocycles. The molecule has 0 radical (unpaired) electrons. The van der Waals surface area contributed by atoms with Crippen LogP contribution in [0.4, 0.5) is 13.2 Å². The predicted octanol–water partition coefficient (Wildman–Crippen LogP) is 2.17. The number of hydrogen-bond donors (Lipinski definition) is 1. The van der Waals surface area contributed by atoms with E-state index in [4.69, 9.17) is 0 Å². The third-order valence-corrected chi connectivity index (χ3v) is 5.54. The summed E-state index contributed by atoms with van der Waals surface area (Å²) in [6, 6.07) is 0. The van der Waals surface area contributed by atoms with Crippen molar-refractivity contribution in [3.05, 3.63) is 39.1 Å². The van der Waals surface area contributed by atoms with Gasteiger partial charge in [0.05, 0.1) is 29.1 Å². The van der Waals surface area contributed by atoms with Crippen molar-refractivity contribution in [1.29, 1.82) is 0 Å². The molecule has 1 N–H and O–H groups in total. The van der Waals surface area contributed by atoms with Gasteiger partial charge in [0.25, 0.3) is 11.5 Å². The number of fused-ring (bicyclic) bond motifs is 1. The summed E-state index contributed by atoms with van der Waals surface area (Å²) in [7, 11) is 0. The number of piperidine rings is 1. The summed E-state index contributed by atoms with van der Waals surface area (Å²) in [6.07, 6.45) is -0.380. The van der Waals surface area contributed by atoms with Crippen LogP contribution in [0.15, 0.2) is 11.0 Å². The van der Waals surface area contributed by atoms with Crippen molar-refractivity contribution < 1.29 is 18.0 Å². The minimum Gasteiger partial charge on any atom is -0.338 e. The van der Waals surface area contributed by atoms with Gasteiger partial charge in [-0.05, 0) is 39.0 Å². The number of alkyl halides is 3. The number of H-pyrrole nitrogens is 1. The first-order valence-electron chi connectivity index (χ1n) is 9.28. The molecule has 3 heterocycles. The molecule has 1 aliphatic heterocycles. The Morgan fingerprint density at radius 3 is 2.82 bits per heavy atom. The molecule has 2 aromatic heterocycles. The van der Waals surface area contributed by atoms with Gasteiger partial charge in [-0.1, -0.05) is 0 Å². The number of nitrogens with zero attached hydrogens (tertiary/aromatic N) is 4. The van der Waals surface area contributed by atoms with Crippen LogP contribution >= 0.6 is 0 Å². The Bertz CT molecular complexity index is 979. The van der Waals surface area contributed by atoms with E-state index in [1.165, 1.54) is 15.8 Å². The topological polar surface area (TPSA) is 83.9 Å². The van der Waals surface area contributed by atoms with Crippen LogP contribution in [0.5, 0.6) is 0 Å². The Morgan fingerprint density at radius 1 is 1.29 bits per heavy atom. The lowest BCUT2D eigenvalue weighted by molar-refractivity contribution is -0.184. The summed E-state index contributed by atoms with van der Waals surface area (Å²) >= 11 is 0. The molecule has 7 nitrogen and oxygen atoms in total. The van der Waals surface area contributed by atoms with Crippen molar-refractivity contribution in [1.82, 2.24) is 24.6 Å².